The lowest BCUT2D eigenvalue weighted by Crippen LogP contribution is -2.23. The van der Waals surface area contributed by atoms with Crippen molar-refractivity contribution in [2.75, 3.05) is 19.4 Å². The molecular formula is C13H18N2OS. The Morgan fingerprint density at radius 3 is 3.00 bits per heavy atom. The zero-order chi connectivity index (χ0) is 12.1. The summed E-state index contributed by atoms with van der Waals surface area (Å²) in [6, 6.07) is 8.66. The number of nitrogens with zero attached hydrogens (tertiary/aromatic N) is 1. The lowest BCUT2D eigenvalue weighted by molar-refractivity contribution is 0.410. The van der Waals surface area contributed by atoms with E-state index >= 15 is 0 Å². The van der Waals surface area contributed by atoms with Crippen LogP contribution in [0.25, 0.3) is 0 Å². The van der Waals surface area contributed by atoms with E-state index in [0.29, 0.717) is 6.04 Å². The molecule has 1 unspecified atom stereocenters. The molecule has 0 bridgehead atoms. The molecule has 0 aromatic heterocycles. The van der Waals surface area contributed by atoms with E-state index in [-0.39, 0.29) is 0 Å². The normalized spacial score (nSPS) is 21.5. The maximum atomic E-state index is 5.32. The van der Waals surface area contributed by atoms with E-state index < -0.39 is 0 Å². The van der Waals surface area contributed by atoms with Crippen LogP contribution in [0.1, 0.15) is 12.5 Å². The first-order chi connectivity index (χ1) is 8.29. The van der Waals surface area contributed by atoms with Gasteiger partial charge in [0, 0.05) is 18.3 Å². The van der Waals surface area contributed by atoms with Gasteiger partial charge in [0.25, 0.3) is 0 Å². The number of ether oxygens (including phenoxy) is 1. The summed E-state index contributed by atoms with van der Waals surface area (Å²) in [7, 11) is 1.71. The number of hydrogen-bond donors (Lipinski definition) is 1. The van der Waals surface area contributed by atoms with E-state index in [4.69, 9.17) is 4.74 Å². The van der Waals surface area contributed by atoms with Crippen molar-refractivity contribution in [3.05, 3.63) is 29.8 Å². The minimum atomic E-state index is 0.546. The van der Waals surface area contributed by atoms with Crippen LogP contribution in [0.2, 0.25) is 0 Å². The maximum Gasteiger partial charge on any atom is 0.156 e. The van der Waals surface area contributed by atoms with Crippen LogP contribution in [0.3, 0.4) is 0 Å². The van der Waals surface area contributed by atoms with Crippen molar-refractivity contribution in [1.29, 1.82) is 0 Å². The van der Waals surface area contributed by atoms with Gasteiger partial charge in [-0.3, -0.25) is 4.99 Å². The first kappa shape index (κ1) is 12.3. The second-order valence-electron chi connectivity index (χ2n) is 4.11. The molecule has 1 aliphatic rings. The topological polar surface area (TPSA) is 33.6 Å². The van der Waals surface area contributed by atoms with E-state index in [9.17, 15) is 0 Å². The number of methoxy groups -OCH3 is 1. The highest BCUT2D eigenvalue weighted by atomic mass is 32.2. The second-order valence-corrected chi connectivity index (χ2v) is 5.11. The summed E-state index contributed by atoms with van der Waals surface area (Å²) in [6.07, 6.45) is 0.921. The van der Waals surface area contributed by atoms with Crippen molar-refractivity contribution in [1.82, 2.24) is 5.32 Å². The van der Waals surface area contributed by atoms with Gasteiger partial charge in [-0.2, -0.15) is 0 Å². The number of amidine groups is 1. The van der Waals surface area contributed by atoms with Gasteiger partial charge in [-0.1, -0.05) is 30.0 Å². The van der Waals surface area contributed by atoms with Gasteiger partial charge in [0.05, 0.1) is 7.11 Å². The fraction of sp³-hybridized carbons (Fsp3) is 0.462. The molecule has 0 aliphatic carbocycles. The minimum Gasteiger partial charge on any atom is -0.496 e. The molecule has 0 saturated carbocycles. The summed E-state index contributed by atoms with van der Waals surface area (Å²) in [4.78, 5) is 4.56. The Morgan fingerprint density at radius 2 is 2.29 bits per heavy atom. The summed E-state index contributed by atoms with van der Waals surface area (Å²) in [5.41, 5.74) is 1.22. The molecular weight excluding hydrogens is 232 g/mol. The number of nitrogens with one attached hydrogen (secondary N) is 1. The Kier molecular flexibility index (Phi) is 4.31. The highest BCUT2D eigenvalue weighted by molar-refractivity contribution is 8.14. The lowest BCUT2D eigenvalue weighted by Gasteiger charge is -2.06. The van der Waals surface area contributed by atoms with Gasteiger partial charge in [-0.05, 0) is 25.0 Å². The van der Waals surface area contributed by atoms with Crippen molar-refractivity contribution in [2.45, 2.75) is 19.4 Å². The molecule has 1 heterocycles. The van der Waals surface area contributed by atoms with Crippen LogP contribution >= 0.6 is 11.8 Å². The van der Waals surface area contributed by atoms with Crippen LogP contribution in [0.4, 0.5) is 0 Å². The van der Waals surface area contributed by atoms with Gasteiger partial charge in [0.2, 0.25) is 0 Å². The van der Waals surface area contributed by atoms with Crippen LogP contribution in [-0.4, -0.2) is 30.6 Å². The van der Waals surface area contributed by atoms with E-state index in [0.717, 1.165) is 29.6 Å². The summed E-state index contributed by atoms with van der Waals surface area (Å²) in [5.74, 6) is 2.07. The lowest BCUT2D eigenvalue weighted by atomic mass is 10.1. The highest BCUT2D eigenvalue weighted by Crippen LogP contribution is 2.18. The number of hydrogen-bond acceptors (Lipinski definition) is 3. The highest BCUT2D eigenvalue weighted by Gasteiger charge is 2.14. The average Bonchev–Trinajstić information content (AvgIpc) is 2.76. The van der Waals surface area contributed by atoms with Crippen LogP contribution in [0, 0.1) is 0 Å². The van der Waals surface area contributed by atoms with E-state index in [1.165, 1.54) is 5.56 Å². The van der Waals surface area contributed by atoms with Crippen molar-refractivity contribution >= 4 is 16.9 Å². The van der Waals surface area contributed by atoms with Crippen molar-refractivity contribution in [3.8, 4) is 5.75 Å². The number of rotatable bonds is 4. The summed E-state index contributed by atoms with van der Waals surface area (Å²) < 4.78 is 5.32. The number of thioether (sulfide) groups is 1. The fourth-order valence-corrected chi connectivity index (χ4v) is 2.74. The Bertz CT molecular complexity index is 406. The second kappa shape index (κ2) is 5.96. The molecule has 1 fully saturated rings. The molecule has 17 heavy (non-hydrogen) atoms. The molecule has 1 aromatic carbocycles. The van der Waals surface area contributed by atoms with Crippen molar-refractivity contribution < 1.29 is 4.74 Å². The molecule has 3 nitrogen and oxygen atoms in total. The molecule has 92 valence electrons. The maximum absolute atomic E-state index is 5.32. The zero-order valence-corrected chi connectivity index (χ0v) is 11.1. The third-order valence-corrected chi connectivity index (χ3v) is 3.86. The Labute approximate surface area is 107 Å². The standard InChI is InChI=1S/C13H18N2OS/c1-10-9-17-13(15-10)14-8-7-11-5-3-4-6-12(11)16-2/h3-6,10H,7-9H2,1-2H3,(H,14,15). The van der Waals surface area contributed by atoms with Crippen LogP contribution in [-0.2, 0) is 6.42 Å². The Morgan fingerprint density at radius 1 is 1.47 bits per heavy atom. The van der Waals surface area contributed by atoms with E-state index in [1.54, 1.807) is 18.9 Å². The van der Waals surface area contributed by atoms with Gasteiger partial charge >= 0.3 is 0 Å². The SMILES string of the molecule is COc1ccccc1CCN=C1NC(C)CS1. The first-order valence-corrected chi connectivity index (χ1v) is 6.84. The molecule has 1 N–H and O–H groups in total. The zero-order valence-electron chi connectivity index (χ0n) is 10.3. The van der Waals surface area contributed by atoms with Gasteiger partial charge in [-0.25, -0.2) is 0 Å². The Hall–Kier alpha value is -1.16. The summed E-state index contributed by atoms with van der Waals surface area (Å²) in [5, 5.41) is 4.43. The molecule has 1 saturated heterocycles. The van der Waals surface area contributed by atoms with Crippen LogP contribution in [0.15, 0.2) is 29.3 Å². The quantitative estimate of drug-likeness (QED) is 0.890. The van der Waals surface area contributed by atoms with Crippen LogP contribution in [0.5, 0.6) is 5.75 Å². The van der Waals surface area contributed by atoms with Gasteiger partial charge < -0.3 is 10.1 Å². The predicted octanol–water partition coefficient (Wildman–Crippen LogP) is 2.32. The molecule has 0 radical (unpaired) electrons. The summed E-state index contributed by atoms with van der Waals surface area (Å²) in [6.45, 7) is 2.98. The van der Waals surface area contributed by atoms with Gasteiger partial charge in [0.15, 0.2) is 5.17 Å². The molecule has 1 aromatic rings. The molecule has 1 atom stereocenters. The largest absolute Gasteiger partial charge is 0.496 e. The third kappa shape index (κ3) is 3.40. The molecule has 0 amide bonds. The third-order valence-electron chi connectivity index (χ3n) is 2.67. The number of benzene rings is 1. The molecule has 2 rings (SSSR count). The monoisotopic (exact) mass is 250 g/mol. The minimum absolute atomic E-state index is 0.546. The Balaban J connectivity index is 1.89. The van der Waals surface area contributed by atoms with E-state index in [1.807, 2.05) is 18.2 Å². The average molecular weight is 250 g/mol. The van der Waals surface area contributed by atoms with Crippen LogP contribution < -0.4 is 10.1 Å². The molecule has 1 aliphatic heterocycles. The van der Waals surface area contributed by atoms with Gasteiger partial charge in [-0.15, -0.1) is 0 Å². The number of para-hydroxylation sites is 1. The predicted molar refractivity (Wildman–Crippen MR) is 74.1 cm³/mol. The molecule has 0 spiro atoms. The molecule has 4 heteroatoms. The first-order valence-electron chi connectivity index (χ1n) is 5.85. The fourth-order valence-electron chi connectivity index (χ4n) is 1.78. The number of aliphatic imine (C=N–C) groups is 1. The van der Waals surface area contributed by atoms with Crippen molar-refractivity contribution in [3.63, 3.8) is 0 Å². The smallest absolute Gasteiger partial charge is 0.156 e. The van der Waals surface area contributed by atoms with Crippen molar-refractivity contribution in [2.24, 2.45) is 4.99 Å². The van der Waals surface area contributed by atoms with E-state index in [2.05, 4.69) is 23.3 Å². The summed E-state index contributed by atoms with van der Waals surface area (Å²) >= 11 is 1.80. The van der Waals surface area contributed by atoms with Gasteiger partial charge in [0.1, 0.15) is 5.75 Å².